The standard InChI is InChI=1S/C11H19NO3Si/c1-13-16(14-2,10-6-9-12)15-11-7-4-3-5-8-11/h3-5,7-8H,6,9-10,12H2,1-2H3. The summed E-state index contributed by atoms with van der Waals surface area (Å²) in [6.45, 7) is 0.611. The molecule has 0 spiro atoms. The van der Waals surface area contributed by atoms with Crippen LogP contribution in [-0.4, -0.2) is 29.6 Å². The van der Waals surface area contributed by atoms with E-state index in [4.69, 9.17) is 19.0 Å². The lowest BCUT2D eigenvalue weighted by Crippen LogP contribution is -2.47. The van der Waals surface area contributed by atoms with Gasteiger partial charge in [0.1, 0.15) is 5.75 Å². The van der Waals surface area contributed by atoms with E-state index >= 15 is 0 Å². The van der Waals surface area contributed by atoms with Gasteiger partial charge in [-0.15, -0.1) is 0 Å². The zero-order valence-electron chi connectivity index (χ0n) is 9.81. The van der Waals surface area contributed by atoms with E-state index in [0.717, 1.165) is 18.2 Å². The molecule has 0 unspecified atom stereocenters. The predicted molar refractivity (Wildman–Crippen MR) is 65.3 cm³/mol. The second kappa shape index (κ2) is 6.65. The van der Waals surface area contributed by atoms with Crippen molar-refractivity contribution in [1.82, 2.24) is 0 Å². The van der Waals surface area contributed by atoms with Crippen LogP contribution < -0.4 is 10.2 Å². The first-order valence-corrected chi connectivity index (χ1v) is 7.24. The molecule has 0 atom stereocenters. The second-order valence-corrected chi connectivity index (χ2v) is 6.29. The number of benzene rings is 1. The smallest absolute Gasteiger partial charge is 0.501 e. The third-order valence-corrected chi connectivity index (χ3v) is 5.08. The SMILES string of the molecule is CO[Si](CCCN)(OC)Oc1ccccc1. The molecule has 0 aromatic heterocycles. The van der Waals surface area contributed by atoms with Gasteiger partial charge in [0.2, 0.25) is 0 Å². The summed E-state index contributed by atoms with van der Waals surface area (Å²) in [7, 11) is 0.655. The molecule has 5 heteroatoms. The highest BCUT2D eigenvalue weighted by molar-refractivity contribution is 6.61. The molecule has 90 valence electrons. The zero-order valence-corrected chi connectivity index (χ0v) is 10.8. The van der Waals surface area contributed by atoms with Crippen molar-refractivity contribution in [2.24, 2.45) is 5.73 Å². The van der Waals surface area contributed by atoms with E-state index in [1.165, 1.54) is 0 Å². The lowest BCUT2D eigenvalue weighted by molar-refractivity contribution is 0.160. The Kier molecular flexibility index (Phi) is 5.48. The number of hydrogen-bond donors (Lipinski definition) is 1. The molecule has 0 bridgehead atoms. The van der Waals surface area contributed by atoms with E-state index in [2.05, 4.69) is 0 Å². The van der Waals surface area contributed by atoms with Crippen LogP contribution in [0.3, 0.4) is 0 Å². The molecule has 1 aromatic carbocycles. The molecule has 0 aliphatic carbocycles. The average Bonchev–Trinajstić information content (AvgIpc) is 2.36. The van der Waals surface area contributed by atoms with Gasteiger partial charge in [-0.1, -0.05) is 18.2 Å². The van der Waals surface area contributed by atoms with Crippen LogP contribution >= 0.6 is 0 Å². The van der Waals surface area contributed by atoms with E-state index in [-0.39, 0.29) is 0 Å². The maximum absolute atomic E-state index is 5.84. The Balaban J connectivity index is 2.70. The number of para-hydroxylation sites is 1. The van der Waals surface area contributed by atoms with Crippen molar-refractivity contribution < 1.29 is 13.3 Å². The molecule has 0 saturated carbocycles. The van der Waals surface area contributed by atoms with Crippen molar-refractivity contribution in [3.05, 3.63) is 30.3 Å². The normalized spacial score (nSPS) is 11.4. The Morgan fingerprint density at radius 1 is 1.12 bits per heavy atom. The summed E-state index contributed by atoms with van der Waals surface area (Å²) in [4.78, 5) is 0. The molecule has 1 aromatic rings. The van der Waals surface area contributed by atoms with Crippen LogP contribution in [0.5, 0.6) is 5.75 Å². The average molecular weight is 241 g/mol. The van der Waals surface area contributed by atoms with Crippen LogP contribution in [0.1, 0.15) is 6.42 Å². The Bertz CT molecular complexity index is 291. The molecule has 0 aliphatic rings. The topological polar surface area (TPSA) is 53.7 Å². The van der Waals surface area contributed by atoms with Crippen LogP contribution in [0.25, 0.3) is 0 Å². The lowest BCUT2D eigenvalue weighted by atomic mass is 10.3. The minimum atomic E-state index is -2.59. The van der Waals surface area contributed by atoms with Gasteiger partial charge in [-0.25, -0.2) is 0 Å². The maximum Gasteiger partial charge on any atom is 0.565 e. The molecule has 0 saturated heterocycles. The predicted octanol–water partition coefficient (Wildman–Crippen LogP) is 1.65. The summed E-state index contributed by atoms with van der Waals surface area (Å²) in [5.74, 6) is 0.773. The maximum atomic E-state index is 5.84. The van der Waals surface area contributed by atoms with Crippen molar-refractivity contribution in [2.75, 3.05) is 20.8 Å². The minimum Gasteiger partial charge on any atom is -0.501 e. The van der Waals surface area contributed by atoms with Gasteiger partial charge in [-0.2, -0.15) is 0 Å². The Morgan fingerprint density at radius 2 is 1.75 bits per heavy atom. The number of nitrogens with two attached hydrogens (primary N) is 1. The minimum absolute atomic E-state index is 0.611. The van der Waals surface area contributed by atoms with Gasteiger partial charge >= 0.3 is 8.80 Å². The Morgan fingerprint density at radius 3 is 2.25 bits per heavy atom. The highest BCUT2D eigenvalue weighted by Gasteiger charge is 2.40. The van der Waals surface area contributed by atoms with Crippen molar-refractivity contribution >= 4 is 8.80 Å². The van der Waals surface area contributed by atoms with Crippen LogP contribution in [0, 0.1) is 0 Å². The molecule has 0 fully saturated rings. The van der Waals surface area contributed by atoms with Crippen LogP contribution in [0.4, 0.5) is 0 Å². The fraction of sp³-hybridized carbons (Fsp3) is 0.455. The van der Waals surface area contributed by atoms with Crippen molar-refractivity contribution in [3.8, 4) is 5.75 Å². The van der Waals surface area contributed by atoms with Crippen LogP contribution in [0.2, 0.25) is 6.04 Å². The first-order chi connectivity index (χ1) is 7.76. The van der Waals surface area contributed by atoms with Crippen LogP contribution in [-0.2, 0) is 8.85 Å². The van der Waals surface area contributed by atoms with Gasteiger partial charge in [0.25, 0.3) is 0 Å². The number of rotatable bonds is 7. The summed E-state index contributed by atoms with van der Waals surface area (Å²) < 4.78 is 16.7. The van der Waals surface area contributed by atoms with E-state index in [9.17, 15) is 0 Å². The summed E-state index contributed by atoms with van der Waals surface area (Å²) in [6.07, 6.45) is 0.834. The summed E-state index contributed by atoms with van der Waals surface area (Å²) >= 11 is 0. The molecule has 0 aliphatic heterocycles. The molecule has 4 nitrogen and oxygen atoms in total. The third-order valence-electron chi connectivity index (χ3n) is 2.33. The van der Waals surface area contributed by atoms with E-state index in [1.807, 2.05) is 30.3 Å². The monoisotopic (exact) mass is 241 g/mol. The van der Waals surface area contributed by atoms with Gasteiger partial charge in [-0.3, -0.25) is 0 Å². The fourth-order valence-electron chi connectivity index (χ4n) is 1.41. The largest absolute Gasteiger partial charge is 0.565 e. The zero-order chi connectivity index (χ0) is 11.9. The molecule has 2 N–H and O–H groups in total. The van der Waals surface area contributed by atoms with Gasteiger partial charge in [-0.05, 0) is 25.1 Å². The van der Waals surface area contributed by atoms with Gasteiger partial charge < -0.3 is 19.0 Å². The first-order valence-electron chi connectivity index (χ1n) is 5.31. The summed E-state index contributed by atoms with van der Waals surface area (Å²) in [5.41, 5.74) is 5.49. The number of hydrogen-bond acceptors (Lipinski definition) is 4. The highest BCUT2D eigenvalue weighted by atomic mass is 28.4. The first kappa shape index (κ1) is 13.2. The fourth-order valence-corrected chi connectivity index (χ4v) is 3.38. The molecule has 0 amide bonds. The summed E-state index contributed by atoms with van der Waals surface area (Å²) in [5, 5.41) is 0. The highest BCUT2D eigenvalue weighted by Crippen LogP contribution is 2.20. The van der Waals surface area contributed by atoms with Gasteiger partial charge in [0.05, 0.1) is 0 Å². The van der Waals surface area contributed by atoms with Crippen molar-refractivity contribution in [1.29, 1.82) is 0 Å². The quantitative estimate of drug-likeness (QED) is 0.737. The lowest BCUT2D eigenvalue weighted by Gasteiger charge is -2.26. The molecule has 0 heterocycles. The summed E-state index contributed by atoms with van der Waals surface area (Å²) in [6, 6.07) is 10.3. The van der Waals surface area contributed by atoms with E-state index in [1.54, 1.807) is 14.2 Å². The molecular formula is C11H19NO3Si. The molecule has 1 rings (SSSR count). The van der Waals surface area contributed by atoms with Gasteiger partial charge in [0.15, 0.2) is 0 Å². The third kappa shape index (κ3) is 3.60. The van der Waals surface area contributed by atoms with Crippen molar-refractivity contribution in [2.45, 2.75) is 12.5 Å². The van der Waals surface area contributed by atoms with Gasteiger partial charge in [0, 0.05) is 20.3 Å². The molecule has 16 heavy (non-hydrogen) atoms. The van der Waals surface area contributed by atoms with E-state index < -0.39 is 8.80 Å². The van der Waals surface area contributed by atoms with Crippen molar-refractivity contribution in [3.63, 3.8) is 0 Å². The second-order valence-electron chi connectivity index (χ2n) is 3.40. The van der Waals surface area contributed by atoms with E-state index in [0.29, 0.717) is 6.54 Å². The Hall–Kier alpha value is -0.883. The molecular weight excluding hydrogens is 222 g/mol. The van der Waals surface area contributed by atoms with Crippen LogP contribution in [0.15, 0.2) is 30.3 Å². The molecule has 0 radical (unpaired) electrons. The Labute approximate surface area is 97.7 Å².